The Labute approximate surface area is 140 Å². The van der Waals surface area contributed by atoms with E-state index in [1.165, 1.54) is 16.1 Å². The van der Waals surface area contributed by atoms with Gasteiger partial charge in [-0.25, -0.2) is 0 Å². The van der Waals surface area contributed by atoms with Crippen LogP contribution in [-0.4, -0.2) is 0 Å². The maximum Gasteiger partial charge on any atom is 0.126 e. The summed E-state index contributed by atoms with van der Waals surface area (Å²) in [6, 6.07) is 19.5. The Kier molecular flexibility index (Phi) is 3.80. The lowest BCUT2D eigenvalue weighted by atomic mass is 9.89. The van der Waals surface area contributed by atoms with E-state index in [0.717, 1.165) is 18.6 Å². The van der Waals surface area contributed by atoms with Gasteiger partial charge in [-0.3, -0.25) is 0 Å². The smallest absolute Gasteiger partial charge is 0.126 e. The molecule has 0 spiro atoms. The van der Waals surface area contributed by atoms with E-state index in [4.69, 9.17) is 4.42 Å². The monoisotopic (exact) mass is 321 g/mol. The molecule has 1 aliphatic heterocycles. The molecule has 3 heterocycles. The second-order valence-corrected chi connectivity index (χ2v) is 6.94. The van der Waals surface area contributed by atoms with Crippen LogP contribution in [-0.2, 0) is 0 Å². The summed E-state index contributed by atoms with van der Waals surface area (Å²) in [6.45, 7) is 4.30. The molecule has 1 saturated heterocycles. The Hall–Kier alpha value is -2.26. The Morgan fingerprint density at radius 3 is 2.48 bits per heavy atom. The lowest BCUT2D eigenvalue weighted by Crippen LogP contribution is -2.36. The van der Waals surface area contributed by atoms with Crippen molar-refractivity contribution in [3.63, 3.8) is 0 Å². The Bertz CT molecular complexity index is 715. The number of anilines is 1. The van der Waals surface area contributed by atoms with Crippen LogP contribution in [0.2, 0.25) is 0 Å². The van der Waals surface area contributed by atoms with E-state index in [2.05, 4.69) is 65.4 Å². The highest BCUT2D eigenvalue weighted by molar-refractivity contribution is 7.10. The van der Waals surface area contributed by atoms with E-state index in [0.29, 0.717) is 6.04 Å². The van der Waals surface area contributed by atoms with Gasteiger partial charge in [0.1, 0.15) is 5.76 Å². The number of furan rings is 1. The molecule has 1 aliphatic rings. The molecular formula is C20H19NOS. The molecule has 4 rings (SSSR count). The first-order chi connectivity index (χ1) is 11.3. The van der Waals surface area contributed by atoms with Crippen molar-refractivity contribution in [2.45, 2.75) is 24.9 Å². The summed E-state index contributed by atoms with van der Waals surface area (Å²) >= 11 is 1.82. The Morgan fingerprint density at radius 1 is 0.957 bits per heavy atom. The largest absolute Gasteiger partial charge is 0.467 e. The summed E-state index contributed by atoms with van der Waals surface area (Å²) in [7, 11) is 0. The average Bonchev–Trinajstić information content (AvgIpc) is 3.28. The SMILES string of the molecule is C=C1C[C@H](c2ccco2)N(c2ccccc2)[C@H](c2cccs2)C1. The molecule has 3 aromatic rings. The highest BCUT2D eigenvalue weighted by Crippen LogP contribution is 2.47. The lowest BCUT2D eigenvalue weighted by molar-refractivity contribution is 0.392. The second-order valence-electron chi connectivity index (χ2n) is 5.96. The molecule has 1 aromatic carbocycles. The molecule has 2 nitrogen and oxygen atoms in total. The number of piperidine rings is 1. The molecule has 0 saturated carbocycles. The topological polar surface area (TPSA) is 16.4 Å². The fourth-order valence-electron chi connectivity index (χ4n) is 3.44. The van der Waals surface area contributed by atoms with E-state index < -0.39 is 0 Å². The summed E-state index contributed by atoms with van der Waals surface area (Å²) in [5.74, 6) is 1.01. The minimum absolute atomic E-state index is 0.195. The third kappa shape index (κ3) is 2.73. The van der Waals surface area contributed by atoms with Gasteiger partial charge in [0.2, 0.25) is 0 Å². The molecule has 0 bridgehead atoms. The zero-order valence-electron chi connectivity index (χ0n) is 12.9. The van der Waals surface area contributed by atoms with Crippen molar-refractivity contribution in [3.8, 4) is 0 Å². The maximum atomic E-state index is 5.76. The number of hydrogen-bond donors (Lipinski definition) is 0. The van der Waals surface area contributed by atoms with Crippen LogP contribution in [0, 0.1) is 0 Å². The highest BCUT2D eigenvalue weighted by Gasteiger charge is 2.36. The number of thiophene rings is 1. The molecule has 116 valence electrons. The summed E-state index contributed by atoms with van der Waals surface area (Å²) in [6.07, 6.45) is 3.69. The molecule has 2 aromatic heterocycles. The molecule has 0 unspecified atom stereocenters. The van der Waals surface area contributed by atoms with Crippen molar-refractivity contribution in [1.82, 2.24) is 0 Å². The first-order valence-electron chi connectivity index (χ1n) is 7.90. The first kappa shape index (κ1) is 14.3. The summed E-state index contributed by atoms with van der Waals surface area (Å²) in [5.41, 5.74) is 2.52. The zero-order chi connectivity index (χ0) is 15.6. The predicted molar refractivity (Wildman–Crippen MR) is 95.8 cm³/mol. The van der Waals surface area contributed by atoms with Gasteiger partial charge in [-0.1, -0.05) is 36.4 Å². The molecule has 3 heteroatoms. The average molecular weight is 321 g/mol. The van der Waals surface area contributed by atoms with Gasteiger partial charge < -0.3 is 9.32 Å². The van der Waals surface area contributed by atoms with E-state index in [-0.39, 0.29) is 6.04 Å². The second kappa shape index (κ2) is 6.09. The van der Waals surface area contributed by atoms with E-state index in [1.807, 2.05) is 17.4 Å². The van der Waals surface area contributed by atoms with Crippen molar-refractivity contribution >= 4 is 17.0 Å². The van der Waals surface area contributed by atoms with Crippen molar-refractivity contribution in [2.24, 2.45) is 0 Å². The van der Waals surface area contributed by atoms with Gasteiger partial charge in [0.25, 0.3) is 0 Å². The first-order valence-corrected chi connectivity index (χ1v) is 8.78. The van der Waals surface area contributed by atoms with Crippen molar-refractivity contribution in [2.75, 3.05) is 4.90 Å². The molecular weight excluding hydrogens is 302 g/mol. The number of benzene rings is 1. The maximum absolute atomic E-state index is 5.76. The third-order valence-corrected chi connectivity index (χ3v) is 5.41. The van der Waals surface area contributed by atoms with E-state index in [9.17, 15) is 0 Å². The fraction of sp³-hybridized carbons (Fsp3) is 0.200. The summed E-state index contributed by atoms with van der Waals surface area (Å²) < 4.78 is 5.76. The summed E-state index contributed by atoms with van der Waals surface area (Å²) in [4.78, 5) is 3.88. The highest BCUT2D eigenvalue weighted by atomic mass is 32.1. The molecule has 0 N–H and O–H groups in total. The van der Waals surface area contributed by atoms with Gasteiger partial charge in [0.15, 0.2) is 0 Å². The zero-order valence-corrected chi connectivity index (χ0v) is 13.7. The van der Waals surface area contributed by atoms with Crippen LogP contribution in [0.15, 0.2) is 82.8 Å². The normalized spacial score (nSPS) is 21.6. The van der Waals surface area contributed by atoms with Crippen LogP contribution in [0.4, 0.5) is 5.69 Å². The quantitative estimate of drug-likeness (QED) is 0.552. The van der Waals surface area contributed by atoms with Crippen LogP contribution in [0.3, 0.4) is 0 Å². The number of hydrogen-bond acceptors (Lipinski definition) is 3. The fourth-order valence-corrected chi connectivity index (χ4v) is 4.27. The van der Waals surface area contributed by atoms with Crippen molar-refractivity contribution in [3.05, 3.63) is 89.0 Å². The van der Waals surface area contributed by atoms with Gasteiger partial charge in [-0.2, -0.15) is 0 Å². The predicted octanol–water partition coefficient (Wildman–Crippen LogP) is 5.98. The van der Waals surface area contributed by atoms with Crippen molar-refractivity contribution < 1.29 is 4.42 Å². The molecule has 0 radical (unpaired) electrons. The minimum atomic E-state index is 0.195. The number of nitrogens with zero attached hydrogens (tertiary/aromatic N) is 1. The standard InChI is InChI=1S/C20H19NOS/c1-15-13-17(19-9-5-11-22-19)21(16-7-3-2-4-8-16)18(14-15)20-10-6-12-23-20/h2-12,17-18H,1,13-14H2/t17-,18+/m1/s1. The van der Waals surface area contributed by atoms with Crippen LogP contribution < -0.4 is 4.90 Å². The molecule has 2 atom stereocenters. The molecule has 23 heavy (non-hydrogen) atoms. The third-order valence-electron chi connectivity index (χ3n) is 4.43. The van der Waals surface area contributed by atoms with Crippen LogP contribution in [0.1, 0.15) is 35.6 Å². The lowest BCUT2D eigenvalue weighted by Gasteiger charge is -2.43. The van der Waals surface area contributed by atoms with Crippen LogP contribution in [0.5, 0.6) is 0 Å². The Balaban J connectivity index is 1.82. The van der Waals surface area contributed by atoms with Crippen LogP contribution >= 0.6 is 11.3 Å². The molecule has 1 fully saturated rings. The molecule has 0 aliphatic carbocycles. The minimum Gasteiger partial charge on any atom is -0.467 e. The number of rotatable bonds is 3. The van der Waals surface area contributed by atoms with Gasteiger partial charge in [0.05, 0.1) is 18.3 Å². The summed E-state index contributed by atoms with van der Waals surface area (Å²) in [5, 5.41) is 2.15. The van der Waals surface area contributed by atoms with Gasteiger partial charge in [0, 0.05) is 10.6 Å². The van der Waals surface area contributed by atoms with Gasteiger partial charge >= 0.3 is 0 Å². The van der Waals surface area contributed by atoms with Crippen molar-refractivity contribution in [1.29, 1.82) is 0 Å². The number of para-hydroxylation sites is 1. The molecule has 0 amide bonds. The van der Waals surface area contributed by atoms with Crippen LogP contribution in [0.25, 0.3) is 0 Å². The van der Waals surface area contributed by atoms with E-state index >= 15 is 0 Å². The van der Waals surface area contributed by atoms with Gasteiger partial charge in [-0.15, -0.1) is 11.3 Å². The Morgan fingerprint density at radius 2 is 1.78 bits per heavy atom. The van der Waals surface area contributed by atoms with E-state index in [1.54, 1.807) is 6.26 Å². The van der Waals surface area contributed by atoms with Gasteiger partial charge in [-0.05, 0) is 48.6 Å².